The normalized spacial score (nSPS) is 10.7. The SMILES string of the molecule is O=C(Cc1ccc(Cl)c(Cl)c1)OCc1coc(-c2cccs2)n1. The molecule has 0 radical (unpaired) electrons. The van der Waals surface area contributed by atoms with Gasteiger partial charge in [0.1, 0.15) is 18.6 Å². The average molecular weight is 368 g/mol. The summed E-state index contributed by atoms with van der Waals surface area (Å²) in [5.41, 5.74) is 1.31. The molecule has 0 saturated carbocycles. The Labute approximate surface area is 146 Å². The van der Waals surface area contributed by atoms with E-state index in [9.17, 15) is 4.79 Å². The third-order valence-electron chi connectivity index (χ3n) is 3.00. The second kappa shape index (κ2) is 7.17. The smallest absolute Gasteiger partial charge is 0.310 e. The molecule has 3 aromatic rings. The zero-order chi connectivity index (χ0) is 16.2. The van der Waals surface area contributed by atoms with Crippen molar-refractivity contribution < 1.29 is 13.9 Å². The van der Waals surface area contributed by atoms with Crippen LogP contribution in [-0.2, 0) is 22.6 Å². The molecular weight excluding hydrogens is 357 g/mol. The maximum atomic E-state index is 11.9. The number of nitrogens with zero attached hydrogens (tertiary/aromatic N) is 1. The third kappa shape index (κ3) is 4.13. The molecule has 0 saturated heterocycles. The molecule has 7 heteroatoms. The fourth-order valence-electron chi connectivity index (χ4n) is 1.91. The van der Waals surface area contributed by atoms with Crippen LogP contribution in [0.3, 0.4) is 0 Å². The lowest BCUT2D eigenvalue weighted by Gasteiger charge is -2.04. The van der Waals surface area contributed by atoms with Crippen LogP contribution >= 0.6 is 34.5 Å². The van der Waals surface area contributed by atoms with Crippen LogP contribution in [0.1, 0.15) is 11.3 Å². The van der Waals surface area contributed by atoms with Gasteiger partial charge in [-0.05, 0) is 29.1 Å². The average Bonchev–Trinajstić information content (AvgIpc) is 3.19. The van der Waals surface area contributed by atoms with Gasteiger partial charge in [-0.15, -0.1) is 11.3 Å². The first-order valence-electron chi connectivity index (χ1n) is 6.69. The maximum Gasteiger partial charge on any atom is 0.310 e. The molecule has 0 aliphatic rings. The van der Waals surface area contributed by atoms with E-state index in [1.165, 1.54) is 17.6 Å². The molecule has 0 aliphatic carbocycles. The fraction of sp³-hybridized carbons (Fsp3) is 0.125. The number of oxazole rings is 1. The molecule has 2 heterocycles. The second-order valence-corrected chi connectivity index (χ2v) is 6.47. The van der Waals surface area contributed by atoms with Crippen molar-refractivity contribution in [3.05, 3.63) is 63.3 Å². The predicted molar refractivity (Wildman–Crippen MR) is 89.8 cm³/mol. The highest BCUT2D eigenvalue weighted by molar-refractivity contribution is 7.13. The molecule has 1 aromatic carbocycles. The number of carbonyl (C=O) groups is 1. The van der Waals surface area contributed by atoms with Crippen LogP contribution in [0.25, 0.3) is 10.8 Å². The highest BCUT2D eigenvalue weighted by Crippen LogP contribution is 2.24. The molecule has 0 amide bonds. The minimum atomic E-state index is -0.371. The summed E-state index contributed by atoms with van der Waals surface area (Å²) in [5.74, 6) is 0.152. The standard InChI is InChI=1S/C16H11Cl2NO3S/c17-12-4-3-10(6-13(12)18)7-15(20)21-8-11-9-22-16(19-11)14-2-1-5-23-14/h1-6,9H,7-8H2. The van der Waals surface area contributed by atoms with Crippen molar-refractivity contribution in [1.82, 2.24) is 4.98 Å². The molecule has 23 heavy (non-hydrogen) atoms. The van der Waals surface area contributed by atoms with Crippen LogP contribution in [0.4, 0.5) is 0 Å². The van der Waals surface area contributed by atoms with E-state index in [1.807, 2.05) is 17.5 Å². The fourth-order valence-corrected chi connectivity index (χ4v) is 2.88. The Morgan fingerprint density at radius 2 is 2.13 bits per heavy atom. The van der Waals surface area contributed by atoms with Gasteiger partial charge in [0.15, 0.2) is 0 Å². The Kier molecular flexibility index (Phi) is 5.00. The summed E-state index contributed by atoms with van der Waals surface area (Å²) in [6.45, 7) is 0.0645. The van der Waals surface area contributed by atoms with Gasteiger partial charge < -0.3 is 9.15 Å². The molecule has 3 rings (SSSR count). The monoisotopic (exact) mass is 367 g/mol. The highest BCUT2D eigenvalue weighted by atomic mass is 35.5. The lowest BCUT2D eigenvalue weighted by Crippen LogP contribution is -2.08. The minimum Gasteiger partial charge on any atom is -0.459 e. The lowest BCUT2D eigenvalue weighted by molar-refractivity contribution is -0.144. The summed E-state index contributed by atoms with van der Waals surface area (Å²) in [5, 5.41) is 2.80. The van der Waals surface area contributed by atoms with E-state index < -0.39 is 0 Å². The topological polar surface area (TPSA) is 52.3 Å². The quantitative estimate of drug-likeness (QED) is 0.595. The molecule has 118 valence electrons. The van der Waals surface area contributed by atoms with Crippen LogP contribution < -0.4 is 0 Å². The zero-order valence-corrected chi connectivity index (χ0v) is 14.1. The summed E-state index contributed by atoms with van der Waals surface area (Å²) in [6.07, 6.45) is 1.61. The van der Waals surface area contributed by atoms with E-state index in [-0.39, 0.29) is 19.0 Å². The van der Waals surface area contributed by atoms with E-state index >= 15 is 0 Å². The molecule has 0 atom stereocenters. The highest BCUT2D eigenvalue weighted by Gasteiger charge is 2.11. The van der Waals surface area contributed by atoms with Crippen LogP contribution in [-0.4, -0.2) is 11.0 Å². The molecule has 4 nitrogen and oxygen atoms in total. The van der Waals surface area contributed by atoms with E-state index in [2.05, 4.69) is 4.98 Å². The first kappa shape index (κ1) is 16.1. The Morgan fingerprint density at radius 3 is 2.87 bits per heavy atom. The Balaban J connectivity index is 1.55. The largest absolute Gasteiger partial charge is 0.459 e. The number of hydrogen-bond donors (Lipinski definition) is 0. The number of halogens is 2. The molecular formula is C16H11Cl2NO3S. The van der Waals surface area contributed by atoms with Crippen LogP contribution in [0.15, 0.2) is 46.4 Å². The number of ether oxygens (including phenoxy) is 1. The first-order chi connectivity index (χ1) is 11.1. The summed E-state index contributed by atoms with van der Waals surface area (Å²) in [4.78, 5) is 17.1. The maximum absolute atomic E-state index is 11.9. The molecule has 0 aliphatic heterocycles. The zero-order valence-electron chi connectivity index (χ0n) is 11.8. The molecule has 0 spiro atoms. The minimum absolute atomic E-state index is 0.0645. The molecule has 0 unspecified atom stereocenters. The second-order valence-electron chi connectivity index (χ2n) is 4.71. The Bertz CT molecular complexity index is 815. The number of esters is 1. The van der Waals surface area contributed by atoms with Gasteiger partial charge in [-0.1, -0.05) is 35.3 Å². The molecule has 2 aromatic heterocycles. The van der Waals surface area contributed by atoms with Crippen LogP contribution in [0, 0.1) is 0 Å². The summed E-state index contributed by atoms with van der Waals surface area (Å²) in [6, 6.07) is 8.87. The van der Waals surface area contributed by atoms with E-state index in [0.29, 0.717) is 21.6 Å². The van der Waals surface area contributed by atoms with Crippen molar-refractivity contribution >= 4 is 40.5 Å². The van der Waals surface area contributed by atoms with Crippen LogP contribution in [0.2, 0.25) is 10.0 Å². The summed E-state index contributed by atoms with van der Waals surface area (Å²) < 4.78 is 10.6. The Morgan fingerprint density at radius 1 is 1.26 bits per heavy atom. The summed E-state index contributed by atoms with van der Waals surface area (Å²) in [7, 11) is 0. The van der Waals surface area contributed by atoms with Gasteiger partial charge in [0.05, 0.1) is 21.3 Å². The number of carbonyl (C=O) groups excluding carboxylic acids is 1. The van der Waals surface area contributed by atoms with Crippen molar-refractivity contribution in [3.8, 4) is 10.8 Å². The van der Waals surface area contributed by atoms with Crippen LogP contribution in [0.5, 0.6) is 0 Å². The van der Waals surface area contributed by atoms with Gasteiger partial charge in [-0.3, -0.25) is 4.79 Å². The number of thiophene rings is 1. The Hall–Kier alpha value is -1.82. The van der Waals surface area contributed by atoms with Gasteiger partial charge in [0, 0.05) is 0 Å². The number of benzene rings is 1. The van der Waals surface area contributed by atoms with E-state index in [4.69, 9.17) is 32.4 Å². The van der Waals surface area contributed by atoms with Crippen molar-refractivity contribution in [2.24, 2.45) is 0 Å². The summed E-state index contributed by atoms with van der Waals surface area (Å²) >= 11 is 13.3. The van der Waals surface area contributed by atoms with Crippen molar-refractivity contribution in [2.75, 3.05) is 0 Å². The molecule has 0 fully saturated rings. The molecule has 0 N–H and O–H groups in total. The predicted octanol–water partition coefficient (Wildman–Crippen LogP) is 5.00. The van der Waals surface area contributed by atoms with Gasteiger partial charge in [-0.2, -0.15) is 0 Å². The van der Waals surface area contributed by atoms with Gasteiger partial charge in [0.25, 0.3) is 0 Å². The van der Waals surface area contributed by atoms with Crippen molar-refractivity contribution in [1.29, 1.82) is 0 Å². The van der Waals surface area contributed by atoms with Gasteiger partial charge in [-0.25, -0.2) is 4.98 Å². The third-order valence-corrected chi connectivity index (χ3v) is 4.59. The lowest BCUT2D eigenvalue weighted by atomic mass is 10.1. The van der Waals surface area contributed by atoms with E-state index in [1.54, 1.807) is 18.2 Å². The van der Waals surface area contributed by atoms with Gasteiger partial charge >= 0.3 is 5.97 Å². The first-order valence-corrected chi connectivity index (χ1v) is 8.33. The molecule has 0 bridgehead atoms. The van der Waals surface area contributed by atoms with Gasteiger partial charge in [0.2, 0.25) is 5.89 Å². The number of hydrogen-bond acceptors (Lipinski definition) is 5. The van der Waals surface area contributed by atoms with Crippen molar-refractivity contribution in [3.63, 3.8) is 0 Å². The van der Waals surface area contributed by atoms with Crippen molar-refractivity contribution in [2.45, 2.75) is 13.0 Å². The number of aromatic nitrogens is 1. The van der Waals surface area contributed by atoms with E-state index in [0.717, 1.165) is 10.4 Å². The number of rotatable bonds is 5.